The van der Waals surface area contributed by atoms with Gasteiger partial charge in [0.05, 0.1) is 30.8 Å². The molecular weight excluding hydrogens is 256 g/mol. The van der Waals surface area contributed by atoms with E-state index in [0.717, 1.165) is 26.1 Å². The smallest absolute Gasteiger partial charge is 0.226 e. The molecule has 1 aromatic rings. The number of benzene rings is 1. The quantitative estimate of drug-likeness (QED) is 0.892. The number of anilines is 1. The van der Waals surface area contributed by atoms with Crippen molar-refractivity contribution in [3.63, 3.8) is 0 Å². The van der Waals surface area contributed by atoms with E-state index >= 15 is 0 Å². The molecule has 106 valence electrons. The second-order valence-electron chi connectivity index (χ2n) is 4.67. The first-order valence-electron chi connectivity index (χ1n) is 6.77. The summed E-state index contributed by atoms with van der Waals surface area (Å²) in [6.45, 7) is 1.88. The number of nitrogens with zero attached hydrogens (tertiary/aromatic N) is 1. The Hall–Kier alpha value is -1.90. The van der Waals surface area contributed by atoms with E-state index < -0.39 is 0 Å². The van der Waals surface area contributed by atoms with Crippen LogP contribution in [-0.2, 0) is 14.3 Å². The summed E-state index contributed by atoms with van der Waals surface area (Å²) in [4.78, 5) is 11.8. The number of hydrogen-bond donors (Lipinski definition) is 1. The monoisotopic (exact) mass is 274 g/mol. The van der Waals surface area contributed by atoms with Crippen molar-refractivity contribution >= 4 is 11.6 Å². The molecule has 0 unspecified atom stereocenters. The van der Waals surface area contributed by atoms with Crippen LogP contribution in [0.4, 0.5) is 5.69 Å². The number of nitrogens with one attached hydrogen (secondary N) is 1. The Kier molecular flexibility index (Phi) is 5.54. The summed E-state index contributed by atoms with van der Waals surface area (Å²) in [5, 5.41) is 11.5. The van der Waals surface area contributed by atoms with Gasteiger partial charge < -0.3 is 14.8 Å². The van der Waals surface area contributed by atoms with Gasteiger partial charge in [-0.3, -0.25) is 4.79 Å². The van der Waals surface area contributed by atoms with Crippen molar-refractivity contribution in [2.45, 2.75) is 25.4 Å². The van der Waals surface area contributed by atoms with Crippen LogP contribution in [0.3, 0.4) is 0 Å². The zero-order chi connectivity index (χ0) is 14.2. The molecule has 20 heavy (non-hydrogen) atoms. The summed E-state index contributed by atoms with van der Waals surface area (Å²) in [7, 11) is 0. The molecule has 2 rings (SSSR count). The normalized spacial score (nSPS) is 15.6. The van der Waals surface area contributed by atoms with Crippen LogP contribution in [0.2, 0.25) is 0 Å². The number of amides is 1. The Morgan fingerprint density at radius 3 is 3.00 bits per heavy atom. The Morgan fingerprint density at radius 2 is 2.25 bits per heavy atom. The highest BCUT2D eigenvalue weighted by molar-refractivity contribution is 5.90. The van der Waals surface area contributed by atoms with Gasteiger partial charge in [-0.1, -0.05) is 6.07 Å². The van der Waals surface area contributed by atoms with Crippen LogP contribution >= 0.6 is 0 Å². The molecule has 0 aromatic heterocycles. The summed E-state index contributed by atoms with van der Waals surface area (Å²) in [5.41, 5.74) is 1.17. The van der Waals surface area contributed by atoms with Crippen LogP contribution in [0.5, 0.6) is 0 Å². The molecule has 1 saturated heterocycles. The molecule has 1 aromatic carbocycles. The van der Waals surface area contributed by atoms with E-state index in [9.17, 15) is 4.79 Å². The lowest BCUT2D eigenvalue weighted by Gasteiger charge is -2.22. The average molecular weight is 274 g/mol. The first kappa shape index (κ1) is 14.5. The van der Waals surface area contributed by atoms with Crippen molar-refractivity contribution in [1.82, 2.24) is 0 Å². The number of nitriles is 1. The first-order chi connectivity index (χ1) is 9.78. The van der Waals surface area contributed by atoms with Crippen LogP contribution < -0.4 is 5.32 Å². The van der Waals surface area contributed by atoms with Crippen molar-refractivity contribution < 1.29 is 14.3 Å². The zero-order valence-electron chi connectivity index (χ0n) is 11.3. The predicted molar refractivity (Wildman–Crippen MR) is 74.2 cm³/mol. The van der Waals surface area contributed by atoms with Gasteiger partial charge in [0.15, 0.2) is 0 Å². The van der Waals surface area contributed by atoms with Crippen molar-refractivity contribution in [2.24, 2.45) is 0 Å². The molecule has 5 nitrogen and oxygen atoms in total. The highest BCUT2D eigenvalue weighted by Gasteiger charge is 2.14. The van der Waals surface area contributed by atoms with Gasteiger partial charge in [-0.2, -0.15) is 5.26 Å². The second kappa shape index (κ2) is 7.63. The minimum atomic E-state index is -0.104. The standard InChI is InChI=1S/C15H18N2O3/c16-11-12-2-1-3-13(10-12)17-15(18)6-9-20-14-4-7-19-8-5-14/h1-3,10,14H,4-9H2,(H,17,18). The molecule has 0 spiro atoms. The van der Waals surface area contributed by atoms with Crippen molar-refractivity contribution in [2.75, 3.05) is 25.1 Å². The van der Waals surface area contributed by atoms with Gasteiger partial charge in [0.1, 0.15) is 0 Å². The average Bonchev–Trinajstić information content (AvgIpc) is 2.48. The van der Waals surface area contributed by atoms with Crippen LogP contribution in [0.25, 0.3) is 0 Å². The third-order valence-electron chi connectivity index (χ3n) is 3.13. The molecule has 0 bridgehead atoms. The molecule has 1 fully saturated rings. The van der Waals surface area contributed by atoms with E-state index in [2.05, 4.69) is 5.32 Å². The summed E-state index contributed by atoms with van der Waals surface area (Å²) < 4.78 is 10.9. The van der Waals surface area contributed by atoms with Crippen LogP contribution in [0.1, 0.15) is 24.8 Å². The molecule has 1 heterocycles. The number of ether oxygens (including phenoxy) is 2. The Morgan fingerprint density at radius 1 is 1.45 bits per heavy atom. The molecule has 5 heteroatoms. The van der Waals surface area contributed by atoms with E-state index in [1.165, 1.54) is 0 Å². The van der Waals surface area contributed by atoms with Crippen LogP contribution in [0.15, 0.2) is 24.3 Å². The highest BCUT2D eigenvalue weighted by Crippen LogP contribution is 2.12. The second-order valence-corrected chi connectivity index (χ2v) is 4.67. The van der Waals surface area contributed by atoms with Gasteiger partial charge in [-0.05, 0) is 31.0 Å². The summed E-state index contributed by atoms with van der Waals surface area (Å²) in [6.07, 6.45) is 2.31. The van der Waals surface area contributed by atoms with Gasteiger partial charge in [-0.25, -0.2) is 0 Å². The molecule has 0 atom stereocenters. The van der Waals surface area contributed by atoms with Crippen molar-refractivity contribution in [1.29, 1.82) is 5.26 Å². The fraction of sp³-hybridized carbons (Fsp3) is 0.467. The Balaban J connectivity index is 1.70. The van der Waals surface area contributed by atoms with Gasteiger partial charge >= 0.3 is 0 Å². The highest BCUT2D eigenvalue weighted by atomic mass is 16.5. The van der Waals surface area contributed by atoms with Gasteiger partial charge in [0.2, 0.25) is 5.91 Å². The largest absolute Gasteiger partial charge is 0.381 e. The fourth-order valence-corrected chi connectivity index (χ4v) is 2.05. The molecule has 1 N–H and O–H groups in total. The van der Waals surface area contributed by atoms with E-state index in [-0.39, 0.29) is 12.0 Å². The molecule has 1 aliphatic heterocycles. The molecular formula is C15H18N2O3. The number of carbonyl (C=O) groups is 1. The number of hydrogen-bond acceptors (Lipinski definition) is 4. The van der Waals surface area contributed by atoms with E-state index in [1.807, 2.05) is 6.07 Å². The maximum Gasteiger partial charge on any atom is 0.226 e. The van der Waals surface area contributed by atoms with Gasteiger partial charge in [0, 0.05) is 18.9 Å². The lowest BCUT2D eigenvalue weighted by Crippen LogP contribution is -2.25. The van der Waals surface area contributed by atoms with E-state index in [0.29, 0.717) is 24.3 Å². The lowest BCUT2D eigenvalue weighted by molar-refractivity contribution is -0.118. The minimum absolute atomic E-state index is 0.104. The number of rotatable bonds is 5. The summed E-state index contributed by atoms with van der Waals surface area (Å²) >= 11 is 0. The van der Waals surface area contributed by atoms with Crippen molar-refractivity contribution in [3.05, 3.63) is 29.8 Å². The lowest BCUT2D eigenvalue weighted by atomic mass is 10.1. The zero-order valence-corrected chi connectivity index (χ0v) is 11.3. The van der Waals surface area contributed by atoms with Crippen LogP contribution in [0, 0.1) is 11.3 Å². The number of carbonyl (C=O) groups excluding carboxylic acids is 1. The third kappa shape index (κ3) is 4.65. The van der Waals surface area contributed by atoms with E-state index in [1.54, 1.807) is 24.3 Å². The topological polar surface area (TPSA) is 71.4 Å². The maximum absolute atomic E-state index is 11.8. The molecule has 0 saturated carbocycles. The first-order valence-corrected chi connectivity index (χ1v) is 6.77. The Labute approximate surface area is 118 Å². The molecule has 1 aliphatic rings. The van der Waals surface area contributed by atoms with Crippen LogP contribution in [-0.4, -0.2) is 31.8 Å². The maximum atomic E-state index is 11.8. The predicted octanol–water partition coefficient (Wildman–Crippen LogP) is 2.08. The summed E-state index contributed by atoms with van der Waals surface area (Å²) in [6, 6.07) is 8.89. The summed E-state index contributed by atoms with van der Waals surface area (Å²) in [5.74, 6) is -0.104. The molecule has 0 radical (unpaired) electrons. The van der Waals surface area contributed by atoms with Gasteiger partial charge in [0.25, 0.3) is 0 Å². The SMILES string of the molecule is N#Cc1cccc(NC(=O)CCOC2CCOCC2)c1. The Bertz CT molecular complexity index is 490. The third-order valence-corrected chi connectivity index (χ3v) is 3.13. The van der Waals surface area contributed by atoms with Crippen molar-refractivity contribution in [3.8, 4) is 6.07 Å². The molecule has 0 aliphatic carbocycles. The molecule has 1 amide bonds. The minimum Gasteiger partial charge on any atom is -0.381 e. The fourth-order valence-electron chi connectivity index (χ4n) is 2.05. The van der Waals surface area contributed by atoms with Gasteiger partial charge in [-0.15, -0.1) is 0 Å². The van der Waals surface area contributed by atoms with E-state index in [4.69, 9.17) is 14.7 Å².